The Hall–Kier alpha value is -4.17. The number of amides is 1. The van der Waals surface area contributed by atoms with Gasteiger partial charge >= 0.3 is 0 Å². The van der Waals surface area contributed by atoms with Crippen LogP contribution in [0.4, 0.5) is 5.69 Å². The van der Waals surface area contributed by atoms with Crippen LogP contribution in [0.5, 0.6) is 5.75 Å². The maximum atomic E-state index is 12.8. The van der Waals surface area contributed by atoms with E-state index in [-0.39, 0.29) is 30.2 Å². The van der Waals surface area contributed by atoms with E-state index in [4.69, 9.17) is 12.2 Å². The molecule has 8 heteroatoms. The van der Waals surface area contributed by atoms with Gasteiger partial charge in [-0.25, -0.2) is 0 Å². The SMILES string of the molecule is Cc1cccc(NC(=O)CCN2C(=S)N[C@H](c3ccccn3)[C@@H]2c2cccn2-c2ccc(O)cc2)c1. The minimum atomic E-state index is -0.192. The van der Waals surface area contributed by atoms with Crippen LogP contribution in [-0.4, -0.2) is 37.1 Å². The van der Waals surface area contributed by atoms with Crippen molar-refractivity contribution in [3.8, 4) is 11.4 Å². The lowest BCUT2D eigenvalue weighted by atomic mass is 10.0. The molecule has 1 amide bonds. The van der Waals surface area contributed by atoms with Crippen LogP contribution in [0.1, 0.15) is 35.5 Å². The summed E-state index contributed by atoms with van der Waals surface area (Å²) in [6.45, 7) is 2.44. The molecule has 182 valence electrons. The normalized spacial score (nSPS) is 17.1. The summed E-state index contributed by atoms with van der Waals surface area (Å²) < 4.78 is 2.08. The lowest BCUT2D eigenvalue weighted by molar-refractivity contribution is -0.116. The monoisotopic (exact) mass is 497 g/mol. The number of carbonyl (C=O) groups is 1. The zero-order chi connectivity index (χ0) is 25.1. The number of phenolic OH excluding ortho intramolecular Hbond substituents is 1. The fraction of sp³-hybridized carbons (Fsp3) is 0.179. The number of rotatable bonds is 7. The summed E-state index contributed by atoms with van der Waals surface area (Å²) in [5, 5.41) is 16.8. The van der Waals surface area contributed by atoms with Crippen LogP contribution in [0.3, 0.4) is 0 Å². The van der Waals surface area contributed by atoms with Gasteiger partial charge in [-0.05, 0) is 85.4 Å². The number of hydrogen-bond acceptors (Lipinski definition) is 4. The largest absolute Gasteiger partial charge is 0.508 e. The topological polar surface area (TPSA) is 82.4 Å². The molecule has 3 heterocycles. The molecule has 0 aliphatic carbocycles. The van der Waals surface area contributed by atoms with Crippen LogP contribution in [0.25, 0.3) is 5.69 Å². The van der Waals surface area contributed by atoms with Crippen LogP contribution in [0.2, 0.25) is 0 Å². The van der Waals surface area contributed by atoms with E-state index in [1.54, 1.807) is 18.3 Å². The number of aromatic hydroxyl groups is 1. The van der Waals surface area contributed by atoms with Gasteiger partial charge in [-0.3, -0.25) is 9.78 Å². The third-order valence-corrected chi connectivity index (χ3v) is 6.64. The van der Waals surface area contributed by atoms with Crippen LogP contribution >= 0.6 is 12.2 Å². The third kappa shape index (κ3) is 4.94. The zero-order valence-corrected chi connectivity index (χ0v) is 20.7. The molecule has 2 aromatic carbocycles. The van der Waals surface area contributed by atoms with Crippen molar-refractivity contribution in [3.05, 3.63) is 108 Å². The van der Waals surface area contributed by atoms with Gasteiger partial charge in [-0.1, -0.05) is 18.2 Å². The lowest BCUT2D eigenvalue weighted by Crippen LogP contribution is -2.33. The molecule has 5 rings (SSSR count). The zero-order valence-electron chi connectivity index (χ0n) is 19.8. The van der Waals surface area contributed by atoms with E-state index < -0.39 is 0 Å². The predicted molar refractivity (Wildman–Crippen MR) is 144 cm³/mol. The van der Waals surface area contributed by atoms with Gasteiger partial charge in [0, 0.05) is 42.4 Å². The van der Waals surface area contributed by atoms with Gasteiger partial charge in [-0.2, -0.15) is 0 Å². The molecule has 1 saturated heterocycles. The van der Waals surface area contributed by atoms with Crippen molar-refractivity contribution in [1.82, 2.24) is 19.8 Å². The first-order chi connectivity index (χ1) is 17.5. The van der Waals surface area contributed by atoms with Crippen LogP contribution in [-0.2, 0) is 4.79 Å². The first kappa shape index (κ1) is 23.6. The molecule has 2 aromatic heterocycles. The second-order valence-corrected chi connectivity index (χ2v) is 9.19. The number of hydrogen-bond donors (Lipinski definition) is 3. The molecule has 1 fully saturated rings. The van der Waals surface area contributed by atoms with E-state index in [1.165, 1.54) is 0 Å². The molecular formula is C28H27N5O2S. The van der Waals surface area contributed by atoms with Crippen molar-refractivity contribution in [1.29, 1.82) is 0 Å². The minimum absolute atomic E-state index is 0.0719. The number of thiocarbonyl (C=S) groups is 1. The Balaban J connectivity index is 1.44. The number of aryl methyl sites for hydroxylation is 1. The smallest absolute Gasteiger partial charge is 0.226 e. The van der Waals surface area contributed by atoms with Gasteiger partial charge in [0.05, 0.1) is 17.8 Å². The summed E-state index contributed by atoms with van der Waals surface area (Å²) in [6, 6.07) is 24.3. The Morgan fingerprint density at radius 1 is 1.08 bits per heavy atom. The van der Waals surface area contributed by atoms with Crippen molar-refractivity contribution in [2.24, 2.45) is 0 Å². The van der Waals surface area contributed by atoms with Crippen LogP contribution in [0.15, 0.2) is 91.3 Å². The Bertz CT molecular complexity index is 1370. The Kier molecular flexibility index (Phi) is 6.69. The number of benzene rings is 2. The number of carbonyl (C=O) groups excluding carboxylic acids is 1. The van der Waals surface area contributed by atoms with Crippen LogP contribution in [0, 0.1) is 6.92 Å². The lowest BCUT2D eigenvalue weighted by Gasteiger charge is -2.29. The fourth-order valence-electron chi connectivity index (χ4n) is 4.62. The number of aromatic nitrogens is 2. The van der Waals surface area contributed by atoms with Crippen LogP contribution < -0.4 is 10.6 Å². The van der Waals surface area contributed by atoms with Crippen molar-refractivity contribution in [3.63, 3.8) is 0 Å². The number of phenols is 1. The van der Waals surface area contributed by atoms with Gasteiger partial charge in [0.1, 0.15) is 5.75 Å². The highest BCUT2D eigenvalue weighted by Gasteiger charge is 2.41. The molecule has 36 heavy (non-hydrogen) atoms. The molecule has 1 aliphatic heterocycles. The van der Waals surface area contributed by atoms with E-state index in [0.717, 1.165) is 28.3 Å². The molecule has 7 nitrogen and oxygen atoms in total. The highest BCUT2D eigenvalue weighted by molar-refractivity contribution is 7.80. The second-order valence-electron chi connectivity index (χ2n) is 8.81. The number of pyridine rings is 1. The number of nitrogens with zero attached hydrogens (tertiary/aromatic N) is 3. The molecule has 3 N–H and O–H groups in total. The Labute approximate surface area is 215 Å². The molecule has 4 aromatic rings. The summed E-state index contributed by atoms with van der Waals surface area (Å²) in [4.78, 5) is 19.5. The molecule has 0 bridgehead atoms. The highest BCUT2D eigenvalue weighted by atomic mass is 32.1. The van der Waals surface area contributed by atoms with E-state index in [2.05, 4.69) is 31.2 Å². The summed E-state index contributed by atoms with van der Waals surface area (Å²) in [6.07, 6.45) is 4.04. The van der Waals surface area contributed by atoms with Gasteiger partial charge < -0.3 is 25.2 Å². The van der Waals surface area contributed by atoms with Crippen molar-refractivity contribution in [2.45, 2.75) is 25.4 Å². The summed E-state index contributed by atoms with van der Waals surface area (Å²) in [5.74, 6) is 0.140. The predicted octanol–water partition coefficient (Wildman–Crippen LogP) is 4.89. The van der Waals surface area contributed by atoms with E-state index in [0.29, 0.717) is 11.7 Å². The molecule has 0 spiro atoms. The van der Waals surface area contributed by atoms with E-state index >= 15 is 0 Å². The van der Waals surface area contributed by atoms with Crippen molar-refractivity contribution in [2.75, 3.05) is 11.9 Å². The first-order valence-corrected chi connectivity index (χ1v) is 12.2. The summed E-state index contributed by atoms with van der Waals surface area (Å²) >= 11 is 5.76. The maximum absolute atomic E-state index is 12.8. The van der Waals surface area contributed by atoms with Gasteiger partial charge in [-0.15, -0.1) is 0 Å². The number of nitrogens with one attached hydrogen (secondary N) is 2. The fourth-order valence-corrected chi connectivity index (χ4v) is 4.95. The third-order valence-electron chi connectivity index (χ3n) is 6.29. The highest BCUT2D eigenvalue weighted by Crippen LogP contribution is 2.39. The average Bonchev–Trinajstić information content (AvgIpc) is 3.48. The molecule has 0 radical (unpaired) electrons. The standard InChI is InChI=1S/C28H27N5O2S/c1-19-6-4-7-20(18-19)30-25(35)14-17-33-27(26(31-28(33)36)23-8-2-3-15-29-23)24-9-5-16-32(24)21-10-12-22(34)13-11-21/h2-13,15-16,18,26-27,34H,14,17H2,1H3,(H,30,35)(H,31,36)/t26-,27+/m1/s1. The molecule has 2 atom stereocenters. The van der Waals surface area contributed by atoms with Gasteiger partial charge in [0.15, 0.2) is 5.11 Å². The minimum Gasteiger partial charge on any atom is -0.508 e. The maximum Gasteiger partial charge on any atom is 0.226 e. The van der Waals surface area contributed by atoms with Crippen molar-refractivity contribution >= 4 is 28.9 Å². The van der Waals surface area contributed by atoms with E-state index in [1.807, 2.05) is 73.8 Å². The Morgan fingerprint density at radius 2 is 1.92 bits per heavy atom. The van der Waals surface area contributed by atoms with Gasteiger partial charge in [0.25, 0.3) is 0 Å². The summed E-state index contributed by atoms with van der Waals surface area (Å²) in [5.41, 5.74) is 4.66. The molecule has 0 unspecified atom stereocenters. The summed E-state index contributed by atoms with van der Waals surface area (Å²) in [7, 11) is 0. The molecule has 1 aliphatic rings. The van der Waals surface area contributed by atoms with Crippen molar-refractivity contribution < 1.29 is 9.90 Å². The quantitative estimate of drug-likeness (QED) is 0.316. The Morgan fingerprint density at radius 3 is 2.67 bits per heavy atom. The number of anilines is 1. The average molecular weight is 498 g/mol. The second kappa shape index (κ2) is 10.2. The molecule has 0 saturated carbocycles. The molecular weight excluding hydrogens is 470 g/mol. The van der Waals surface area contributed by atoms with Gasteiger partial charge in [0.2, 0.25) is 5.91 Å². The first-order valence-electron chi connectivity index (χ1n) is 11.8. The van der Waals surface area contributed by atoms with E-state index in [9.17, 15) is 9.90 Å².